The SMILES string of the molecule is [C-]#[N+]c1c(-c2ccccc2)c(C#N)c(-n2c3cccc4c5ccccc5c5cccc2c5c43)c(-c2ccccc2)c1-n1c2c(ccc3c4ccccc4sc32)c2ccc3c4ccccc4sc3c21. The Hall–Kier alpha value is -8.78. The summed E-state index contributed by atoms with van der Waals surface area (Å²) in [5.41, 5.74) is 9.71. The monoisotopic (exact) mass is 896 g/mol. The minimum Gasteiger partial charge on any atom is -0.316 e. The molecule has 15 rings (SSSR count). The van der Waals surface area contributed by atoms with Crippen LogP contribution in [0.3, 0.4) is 0 Å². The van der Waals surface area contributed by atoms with Crippen LogP contribution in [0.4, 0.5) is 5.69 Å². The Bertz CT molecular complexity index is 4530. The largest absolute Gasteiger partial charge is 0.316 e. The average molecular weight is 897 g/mol. The molecule has 6 heteroatoms. The zero-order chi connectivity index (χ0) is 44.8. The minimum atomic E-state index is 0.434. The lowest BCUT2D eigenvalue weighted by Gasteiger charge is -2.26. The minimum absolute atomic E-state index is 0.434. The number of fused-ring (bicyclic) bond motifs is 14. The molecule has 68 heavy (non-hydrogen) atoms. The highest BCUT2D eigenvalue weighted by Gasteiger charge is 2.33. The Morgan fingerprint density at radius 1 is 0.397 bits per heavy atom. The number of hydrogen-bond donors (Lipinski definition) is 0. The molecule has 4 heterocycles. The normalized spacial score (nSPS) is 12.1. The highest BCUT2D eigenvalue weighted by Crippen LogP contribution is 2.55. The number of rotatable bonds is 4. The molecule has 11 aromatic carbocycles. The summed E-state index contributed by atoms with van der Waals surface area (Å²) in [4.78, 5) is 4.64. The van der Waals surface area contributed by atoms with E-state index >= 15 is 0 Å². The van der Waals surface area contributed by atoms with Crippen LogP contribution in [0.25, 0.3) is 144 Å². The highest BCUT2D eigenvalue weighted by molar-refractivity contribution is 7.27. The Morgan fingerprint density at radius 3 is 1.34 bits per heavy atom. The molecule has 0 amide bonds. The van der Waals surface area contributed by atoms with E-state index in [1.807, 2.05) is 36.4 Å². The predicted octanol–water partition coefficient (Wildman–Crippen LogP) is 18.1. The molecule has 0 saturated carbocycles. The number of nitrogens with zero attached hydrogens (tertiary/aromatic N) is 4. The Balaban J connectivity index is 1.26. The van der Waals surface area contributed by atoms with Gasteiger partial charge in [0.2, 0.25) is 5.69 Å². The Labute approximate surface area is 396 Å². The summed E-state index contributed by atoms with van der Waals surface area (Å²) in [6.07, 6.45) is 0. The first-order valence-electron chi connectivity index (χ1n) is 22.7. The lowest BCUT2D eigenvalue weighted by molar-refractivity contribution is 1.14. The molecule has 0 radical (unpaired) electrons. The third-order valence-electron chi connectivity index (χ3n) is 14.3. The van der Waals surface area contributed by atoms with Gasteiger partial charge >= 0.3 is 0 Å². The van der Waals surface area contributed by atoms with E-state index in [0.29, 0.717) is 16.8 Å². The van der Waals surface area contributed by atoms with Crippen LogP contribution >= 0.6 is 22.7 Å². The van der Waals surface area contributed by atoms with Crippen molar-refractivity contribution in [2.45, 2.75) is 0 Å². The van der Waals surface area contributed by atoms with E-state index in [-0.39, 0.29) is 0 Å². The summed E-state index contributed by atoms with van der Waals surface area (Å²) in [6, 6.07) is 71.8. The molecule has 0 N–H and O–H groups in total. The van der Waals surface area contributed by atoms with E-state index < -0.39 is 0 Å². The van der Waals surface area contributed by atoms with Crippen LogP contribution in [0.5, 0.6) is 0 Å². The second kappa shape index (κ2) is 13.9. The molecule has 4 nitrogen and oxygen atoms in total. The Morgan fingerprint density at radius 2 is 0.838 bits per heavy atom. The van der Waals surface area contributed by atoms with Gasteiger partial charge in [0.1, 0.15) is 6.07 Å². The zero-order valence-corrected chi connectivity index (χ0v) is 37.7. The maximum absolute atomic E-state index is 12.0. The van der Waals surface area contributed by atoms with Gasteiger partial charge in [0.15, 0.2) is 0 Å². The molecule has 0 saturated heterocycles. The summed E-state index contributed by atoms with van der Waals surface area (Å²) in [5, 5.41) is 26.1. The van der Waals surface area contributed by atoms with Crippen molar-refractivity contribution < 1.29 is 0 Å². The van der Waals surface area contributed by atoms with Crippen LogP contribution in [0.15, 0.2) is 194 Å². The quantitative estimate of drug-likeness (QED) is 0.128. The number of hydrogen-bond acceptors (Lipinski definition) is 3. The average Bonchev–Trinajstić information content (AvgIpc) is 4.16. The van der Waals surface area contributed by atoms with Gasteiger partial charge < -0.3 is 9.13 Å². The first-order chi connectivity index (χ1) is 33.7. The third kappa shape index (κ3) is 4.79. The van der Waals surface area contributed by atoms with Crippen LogP contribution in [-0.4, -0.2) is 9.13 Å². The first-order valence-corrected chi connectivity index (χ1v) is 24.3. The van der Waals surface area contributed by atoms with Gasteiger partial charge in [0.25, 0.3) is 0 Å². The topological polar surface area (TPSA) is 38.0 Å². The zero-order valence-electron chi connectivity index (χ0n) is 36.1. The molecule has 312 valence electrons. The van der Waals surface area contributed by atoms with Crippen molar-refractivity contribution in [3.05, 3.63) is 211 Å². The number of aromatic nitrogens is 2. The smallest absolute Gasteiger partial charge is 0.220 e. The first kappa shape index (κ1) is 37.4. The van der Waals surface area contributed by atoms with Gasteiger partial charge in [0.05, 0.1) is 55.0 Å². The van der Waals surface area contributed by atoms with E-state index in [4.69, 9.17) is 0 Å². The second-order valence-electron chi connectivity index (χ2n) is 17.6. The van der Waals surface area contributed by atoms with Crippen molar-refractivity contribution in [1.29, 1.82) is 5.26 Å². The van der Waals surface area contributed by atoms with Crippen LogP contribution in [0.1, 0.15) is 5.56 Å². The lowest BCUT2D eigenvalue weighted by Crippen LogP contribution is -2.08. The molecule has 0 fully saturated rings. The number of thiophene rings is 2. The van der Waals surface area contributed by atoms with Crippen molar-refractivity contribution in [2.24, 2.45) is 0 Å². The maximum atomic E-state index is 12.0. The highest BCUT2D eigenvalue weighted by atomic mass is 32.1. The fourth-order valence-corrected chi connectivity index (χ4v) is 14.1. The molecular weight excluding hydrogens is 865 g/mol. The van der Waals surface area contributed by atoms with E-state index in [2.05, 4.69) is 178 Å². The van der Waals surface area contributed by atoms with Crippen LogP contribution in [0, 0.1) is 17.9 Å². The fraction of sp³-hybridized carbons (Fsp3) is 0. The molecule has 0 aliphatic heterocycles. The molecule has 0 atom stereocenters. The van der Waals surface area contributed by atoms with E-state index in [0.717, 1.165) is 81.1 Å². The molecule has 0 aliphatic carbocycles. The van der Waals surface area contributed by atoms with Crippen molar-refractivity contribution in [1.82, 2.24) is 9.13 Å². The van der Waals surface area contributed by atoms with Crippen LogP contribution in [0.2, 0.25) is 0 Å². The van der Waals surface area contributed by atoms with Crippen molar-refractivity contribution in [2.75, 3.05) is 0 Å². The lowest BCUT2D eigenvalue weighted by atomic mass is 9.88. The van der Waals surface area contributed by atoms with Crippen molar-refractivity contribution >= 4 is 134 Å². The van der Waals surface area contributed by atoms with Crippen LogP contribution < -0.4 is 0 Å². The summed E-state index contributed by atoms with van der Waals surface area (Å²) < 4.78 is 9.54. The van der Waals surface area contributed by atoms with Crippen molar-refractivity contribution in [3.63, 3.8) is 0 Å². The second-order valence-corrected chi connectivity index (χ2v) is 19.7. The van der Waals surface area contributed by atoms with Gasteiger partial charge in [-0.1, -0.05) is 170 Å². The van der Waals surface area contributed by atoms with Crippen LogP contribution in [-0.2, 0) is 0 Å². The van der Waals surface area contributed by atoms with Crippen molar-refractivity contribution in [3.8, 4) is 39.7 Å². The molecule has 4 aromatic heterocycles. The maximum Gasteiger partial charge on any atom is 0.220 e. The third-order valence-corrected chi connectivity index (χ3v) is 16.7. The molecule has 15 aromatic rings. The van der Waals surface area contributed by atoms with Gasteiger partial charge in [-0.3, -0.25) is 0 Å². The van der Waals surface area contributed by atoms with Gasteiger partial charge in [-0.2, -0.15) is 5.26 Å². The van der Waals surface area contributed by atoms with Gasteiger partial charge in [0, 0.05) is 63.6 Å². The molecule has 0 aliphatic rings. The molecule has 0 unspecified atom stereocenters. The molecule has 0 bridgehead atoms. The summed E-state index contributed by atoms with van der Waals surface area (Å²) in [5.74, 6) is 0. The van der Waals surface area contributed by atoms with Gasteiger partial charge in [-0.25, -0.2) is 4.85 Å². The number of nitriles is 1. The van der Waals surface area contributed by atoms with E-state index in [1.54, 1.807) is 22.7 Å². The Kier molecular flexibility index (Phi) is 7.64. The van der Waals surface area contributed by atoms with Gasteiger partial charge in [-0.05, 0) is 56.9 Å². The van der Waals surface area contributed by atoms with E-state index in [9.17, 15) is 11.8 Å². The summed E-state index contributed by atoms with van der Waals surface area (Å²) in [7, 11) is 0. The molecular formula is C62H32N4S2. The molecule has 0 spiro atoms. The predicted molar refractivity (Wildman–Crippen MR) is 289 cm³/mol. The van der Waals surface area contributed by atoms with Gasteiger partial charge in [-0.15, -0.1) is 22.7 Å². The number of benzene rings is 11. The van der Waals surface area contributed by atoms with E-state index in [1.165, 1.54) is 52.5 Å². The summed E-state index contributed by atoms with van der Waals surface area (Å²) >= 11 is 3.61. The summed E-state index contributed by atoms with van der Waals surface area (Å²) in [6.45, 7) is 9.47. The standard InChI is InChI=1S/C62H32N4S2/c1-64-56-52(35-16-4-2-5-17-35)47(34-63)57(65-48-26-14-24-41-37-20-8-9-21-38(37)42-25-15-27-49(65)55(42)54(41)48)53(36-18-6-3-7-19-36)60(56)66-58-43(30-32-45-39-22-10-12-28-50(39)67-61(45)58)44-31-33-46-40-23-11-13-29-51(40)68-62(46)59(44)66/h2-33H. The fourth-order valence-electron chi connectivity index (χ4n) is 11.6.